The fourth-order valence-corrected chi connectivity index (χ4v) is 1.70. The number of aromatic nitrogens is 3. The molecule has 4 heteroatoms. The molecule has 0 aromatic carbocycles. The summed E-state index contributed by atoms with van der Waals surface area (Å²) >= 11 is 0. The van der Waals surface area contributed by atoms with Gasteiger partial charge in [-0.15, -0.1) is 10.2 Å². The second-order valence-corrected chi connectivity index (χ2v) is 3.99. The maximum atomic E-state index is 5.26. The Morgan fingerprint density at radius 2 is 2.07 bits per heavy atom. The number of hydrogen-bond donors (Lipinski definition) is 0. The van der Waals surface area contributed by atoms with Crippen molar-refractivity contribution in [2.75, 3.05) is 0 Å². The standard InChI is InChI=1S/C11H15N3O/c1-7(2)10-12-13-11(14(10)4)9-5-6-15-8(9)3/h5-7H,1-4H3. The molecule has 80 valence electrons. The maximum absolute atomic E-state index is 5.26. The zero-order valence-corrected chi connectivity index (χ0v) is 9.48. The molecule has 0 unspecified atom stereocenters. The third-order valence-electron chi connectivity index (χ3n) is 2.52. The summed E-state index contributed by atoms with van der Waals surface area (Å²) in [6, 6.07) is 1.92. The monoisotopic (exact) mass is 205 g/mol. The summed E-state index contributed by atoms with van der Waals surface area (Å²) in [5, 5.41) is 8.38. The van der Waals surface area contributed by atoms with E-state index in [1.807, 2.05) is 24.6 Å². The lowest BCUT2D eigenvalue weighted by Gasteiger charge is -2.05. The number of nitrogens with zero attached hydrogens (tertiary/aromatic N) is 3. The molecule has 0 spiro atoms. The van der Waals surface area contributed by atoms with Gasteiger partial charge in [0, 0.05) is 13.0 Å². The summed E-state index contributed by atoms with van der Waals surface area (Å²) in [6.07, 6.45) is 1.67. The molecule has 2 heterocycles. The number of aryl methyl sites for hydroxylation is 1. The number of hydrogen-bond acceptors (Lipinski definition) is 3. The molecular weight excluding hydrogens is 190 g/mol. The van der Waals surface area contributed by atoms with Crippen LogP contribution in [0.25, 0.3) is 11.4 Å². The first-order valence-corrected chi connectivity index (χ1v) is 5.05. The highest BCUT2D eigenvalue weighted by molar-refractivity contribution is 5.57. The summed E-state index contributed by atoms with van der Waals surface area (Å²) in [4.78, 5) is 0. The van der Waals surface area contributed by atoms with E-state index in [4.69, 9.17) is 4.42 Å². The molecule has 0 aliphatic carbocycles. The summed E-state index contributed by atoms with van der Waals surface area (Å²) in [5.41, 5.74) is 1.01. The minimum absolute atomic E-state index is 0.378. The van der Waals surface area contributed by atoms with E-state index in [1.165, 1.54) is 0 Å². The van der Waals surface area contributed by atoms with Gasteiger partial charge in [-0.1, -0.05) is 13.8 Å². The second-order valence-electron chi connectivity index (χ2n) is 3.99. The quantitative estimate of drug-likeness (QED) is 0.756. The van der Waals surface area contributed by atoms with Crippen molar-refractivity contribution in [2.24, 2.45) is 7.05 Å². The van der Waals surface area contributed by atoms with Crippen LogP contribution in [0.2, 0.25) is 0 Å². The van der Waals surface area contributed by atoms with Gasteiger partial charge >= 0.3 is 0 Å². The Bertz CT molecular complexity index is 468. The van der Waals surface area contributed by atoms with Crippen molar-refractivity contribution in [3.63, 3.8) is 0 Å². The van der Waals surface area contributed by atoms with E-state index in [0.29, 0.717) is 5.92 Å². The Kier molecular flexibility index (Phi) is 2.34. The van der Waals surface area contributed by atoms with Crippen LogP contribution in [0.3, 0.4) is 0 Å². The molecule has 0 atom stereocenters. The van der Waals surface area contributed by atoms with Crippen LogP contribution >= 0.6 is 0 Å². The van der Waals surface area contributed by atoms with Gasteiger partial charge in [-0.05, 0) is 13.0 Å². The lowest BCUT2D eigenvalue weighted by atomic mass is 10.2. The van der Waals surface area contributed by atoms with Gasteiger partial charge in [-0.2, -0.15) is 0 Å². The fourth-order valence-electron chi connectivity index (χ4n) is 1.70. The van der Waals surface area contributed by atoms with Crippen LogP contribution < -0.4 is 0 Å². The van der Waals surface area contributed by atoms with E-state index in [1.54, 1.807) is 6.26 Å². The Morgan fingerprint density at radius 1 is 1.33 bits per heavy atom. The van der Waals surface area contributed by atoms with Crippen LogP contribution in [-0.2, 0) is 7.05 Å². The highest BCUT2D eigenvalue weighted by Crippen LogP contribution is 2.24. The van der Waals surface area contributed by atoms with Gasteiger partial charge in [0.25, 0.3) is 0 Å². The summed E-state index contributed by atoms with van der Waals surface area (Å²) in [7, 11) is 1.98. The first-order chi connectivity index (χ1) is 7.11. The third-order valence-corrected chi connectivity index (χ3v) is 2.52. The van der Waals surface area contributed by atoms with Crippen LogP contribution in [0.1, 0.15) is 31.4 Å². The summed E-state index contributed by atoms with van der Waals surface area (Å²) < 4.78 is 7.28. The molecule has 4 nitrogen and oxygen atoms in total. The van der Waals surface area contributed by atoms with Gasteiger partial charge in [-0.3, -0.25) is 0 Å². The Morgan fingerprint density at radius 3 is 2.53 bits per heavy atom. The molecule has 0 N–H and O–H groups in total. The topological polar surface area (TPSA) is 43.9 Å². The zero-order valence-electron chi connectivity index (χ0n) is 9.48. The van der Waals surface area contributed by atoms with E-state index >= 15 is 0 Å². The van der Waals surface area contributed by atoms with Gasteiger partial charge in [0.1, 0.15) is 11.6 Å². The van der Waals surface area contributed by atoms with Gasteiger partial charge in [0.2, 0.25) is 0 Å². The lowest BCUT2D eigenvalue weighted by molar-refractivity contribution is 0.534. The van der Waals surface area contributed by atoms with Gasteiger partial charge in [0.05, 0.1) is 11.8 Å². The lowest BCUT2D eigenvalue weighted by Crippen LogP contribution is -2.01. The number of rotatable bonds is 2. The average Bonchev–Trinajstić information content (AvgIpc) is 2.71. The molecular formula is C11H15N3O. The van der Waals surface area contributed by atoms with Crippen molar-refractivity contribution in [3.8, 4) is 11.4 Å². The normalized spacial score (nSPS) is 11.3. The van der Waals surface area contributed by atoms with Gasteiger partial charge < -0.3 is 8.98 Å². The van der Waals surface area contributed by atoms with Crippen molar-refractivity contribution in [1.29, 1.82) is 0 Å². The molecule has 15 heavy (non-hydrogen) atoms. The molecule has 2 aromatic heterocycles. The molecule has 0 amide bonds. The molecule has 2 rings (SSSR count). The molecule has 0 aliphatic heterocycles. The molecule has 0 saturated carbocycles. The predicted molar refractivity (Wildman–Crippen MR) is 57.5 cm³/mol. The zero-order chi connectivity index (χ0) is 11.0. The Labute approximate surface area is 88.9 Å². The van der Waals surface area contributed by atoms with E-state index in [2.05, 4.69) is 24.0 Å². The fraction of sp³-hybridized carbons (Fsp3) is 0.455. The average molecular weight is 205 g/mol. The third kappa shape index (κ3) is 1.56. The minimum atomic E-state index is 0.378. The molecule has 0 saturated heterocycles. The Hall–Kier alpha value is -1.58. The number of furan rings is 1. The summed E-state index contributed by atoms with van der Waals surface area (Å²) in [5.74, 6) is 3.11. The first kappa shape index (κ1) is 9.96. The van der Waals surface area contributed by atoms with E-state index < -0.39 is 0 Å². The van der Waals surface area contributed by atoms with Gasteiger partial charge in [0.15, 0.2) is 5.82 Å². The van der Waals surface area contributed by atoms with E-state index in [9.17, 15) is 0 Å². The van der Waals surface area contributed by atoms with Crippen molar-refractivity contribution < 1.29 is 4.42 Å². The van der Waals surface area contributed by atoms with Crippen molar-refractivity contribution in [3.05, 3.63) is 23.9 Å². The molecule has 0 fully saturated rings. The van der Waals surface area contributed by atoms with Crippen LogP contribution in [0.4, 0.5) is 0 Å². The SMILES string of the molecule is Cc1occc1-c1nnc(C(C)C)n1C. The summed E-state index contributed by atoms with van der Waals surface area (Å²) in [6.45, 7) is 6.14. The van der Waals surface area contributed by atoms with Crippen LogP contribution in [0.5, 0.6) is 0 Å². The smallest absolute Gasteiger partial charge is 0.167 e. The molecule has 0 radical (unpaired) electrons. The van der Waals surface area contributed by atoms with Crippen molar-refractivity contribution >= 4 is 0 Å². The second kappa shape index (κ2) is 3.53. The van der Waals surface area contributed by atoms with Crippen molar-refractivity contribution in [1.82, 2.24) is 14.8 Å². The molecule has 2 aromatic rings. The van der Waals surface area contributed by atoms with Crippen molar-refractivity contribution in [2.45, 2.75) is 26.7 Å². The van der Waals surface area contributed by atoms with E-state index in [0.717, 1.165) is 23.0 Å². The van der Waals surface area contributed by atoms with Crippen LogP contribution in [0, 0.1) is 6.92 Å². The van der Waals surface area contributed by atoms with E-state index in [-0.39, 0.29) is 0 Å². The Balaban J connectivity index is 2.51. The predicted octanol–water partition coefficient (Wildman–Crippen LogP) is 2.51. The first-order valence-electron chi connectivity index (χ1n) is 5.05. The highest BCUT2D eigenvalue weighted by atomic mass is 16.3. The maximum Gasteiger partial charge on any atom is 0.167 e. The van der Waals surface area contributed by atoms with Gasteiger partial charge in [-0.25, -0.2) is 0 Å². The molecule has 0 aliphatic rings. The minimum Gasteiger partial charge on any atom is -0.469 e. The van der Waals surface area contributed by atoms with Crippen LogP contribution in [-0.4, -0.2) is 14.8 Å². The van der Waals surface area contributed by atoms with Crippen LogP contribution in [0.15, 0.2) is 16.7 Å². The molecule has 0 bridgehead atoms. The highest BCUT2D eigenvalue weighted by Gasteiger charge is 2.15. The largest absolute Gasteiger partial charge is 0.469 e.